The molecule has 0 unspecified atom stereocenters. The summed E-state index contributed by atoms with van der Waals surface area (Å²) in [5.74, 6) is 0.840. The Balaban J connectivity index is 2.23. The normalized spacial score (nSPS) is 18.2. The predicted molar refractivity (Wildman–Crippen MR) is 67.5 cm³/mol. The van der Waals surface area contributed by atoms with Crippen molar-refractivity contribution < 1.29 is 9.47 Å². The van der Waals surface area contributed by atoms with Crippen LogP contribution in [0.5, 0.6) is 0 Å². The first-order valence-corrected chi connectivity index (χ1v) is 7.10. The third-order valence-corrected chi connectivity index (χ3v) is 3.27. The SMILES string of the molecule is CCCOC(CC1CCCCC1)OCCC. The fraction of sp³-hybridized carbons (Fsp3) is 1.00. The Morgan fingerprint density at radius 3 is 2.00 bits per heavy atom. The summed E-state index contributed by atoms with van der Waals surface area (Å²) in [6.45, 7) is 5.97. The summed E-state index contributed by atoms with van der Waals surface area (Å²) < 4.78 is 11.5. The molecule has 0 heterocycles. The Kier molecular flexibility index (Phi) is 7.87. The lowest BCUT2D eigenvalue weighted by atomic mass is 9.87. The first-order valence-electron chi connectivity index (χ1n) is 7.10. The topological polar surface area (TPSA) is 18.5 Å². The van der Waals surface area contributed by atoms with Crippen LogP contribution < -0.4 is 0 Å². The molecule has 1 fully saturated rings. The van der Waals surface area contributed by atoms with Crippen LogP contribution in [0.3, 0.4) is 0 Å². The second-order valence-electron chi connectivity index (χ2n) is 4.91. The van der Waals surface area contributed by atoms with Gasteiger partial charge in [0.05, 0.1) is 0 Å². The average Bonchev–Trinajstić information content (AvgIpc) is 2.34. The second kappa shape index (κ2) is 9.00. The van der Waals surface area contributed by atoms with Gasteiger partial charge in [0.1, 0.15) is 0 Å². The molecule has 0 aromatic rings. The van der Waals surface area contributed by atoms with Gasteiger partial charge in [0.2, 0.25) is 0 Å². The van der Waals surface area contributed by atoms with Crippen LogP contribution in [-0.4, -0.2) is 19.5 Å². The summed E-state index contributed by atoms with van der Waals surface area (Å²) in [5.41, 5.74) is 0. The Hall–Kier alpha value is -0.0800. The molecule has 0 amide bonds. The Bertz CT molecular complexity index is 145. The largest absolute Gasteiger partial charge is 0.353 e. The maximum atomic E-state index is 5.77. The van der Waals surface area contributed by atoms with Crippen molar-refractivity contribution in [2.45, 2.75) is 71.5 Å². The quantitative estimate of drug-likeness (QED) is 0.581. The van der Waals surface area contributed by atoms with E-state index in [2.05, 4.69) is 13.8 Å². The molecule has 0 bridgehead atoms. The molecule has 1 rings (SSSR count). The van der Waals surface area contributed by atoms with Gasteiger partial charge in [-0.15, -0.1) is 0 Å². The van der Waals surface area contributed by atoms with Crippen LogP contribution in [0.15, 0.2) is 0 Å². The highest BCUT2D eigenvalue weighted by Crippen LogP contribution is 2.28. The van der Waals surface area contributed by atoms with Crippen molar-refractivity contribution in [3.8, 4) is 0 Å². The number of rotatable bonds is 8. The van der Waals surface area contributed by atoms with Gasteiger partial charge in [-0.3, -0.25) is 0 Å². The van der Waals surface area contributed by atoms with E-state index in [-0.39, 0.29) is 6.29 Å². The zero-order valence-electron chi connectivity index (χ0n) is 11.0. The fourth-order valence-electron chi connectivity index (χ4n) is 2.38. The highest BCUT2D eigenvalue weighted by molar-refractivity contribution is 4.67. The van der Waals surface area contributed by atoms with Gasteiger partial charge in [-0.1, -0.05) is 46.0 Å². The van der Waals surface area contributed by atoms with E-state index in [0.717, 1.165) is 38.4 Å². The molecular weight excluding hydrogens is 200 g/mol. The summed E-state index contributed by atoms with van der Waals surface area (Å²) in [6, 6.07) is 0. The lowest BCUT2D eigenvalue weighted by molar-refractivity contribution is -0.153. The van der Waals surface area contributed by atoms with Gasteiger partial charge < -0.3 is 9.47 Å². The van der Waals surface area contributed by atoms with Gasteiger partial charge in [0.15, 0.2) is 6.29 Å². The van der Waals surface area contributed by atoms with Crippen LogP contribution in [-0.2, 0) is 9.47 Å². The van der Waals surface area contributed by atoms with Gasteiger partial charge in [-0.2, -0.15) is 0 Å². The smallest absolute Gasteiger partial charge is 0.157 e. The molecule has 1 saturated carbocycles. The molecule has 0 aromatic carbocycles. The van der Waals surface area contributed by atoms with E-state index in [9.17, 15) is 0 Å². The van der Waals surface area contributed by atoms with E-state index >= 15 is 0 Å². The molecule has 0 atom stereocenters. The van der Waals surface area contributed by atoms with Gasteiger partial charge in [-0.05, 0) is 18.8 Å². The van der Waals surface area contributed by atoms with Crippen molar-refractivity contribution in [3.63, 3.8) is 0 Å². The molecule has 0 aromatic heterocycles. The van der Waals surface area contributed by atoms with Crippen molar-refractivity contribution in [2.75, 3.05) is 13.2 Å². The molecule has 1 aliphatic carbocycles. The Morgan fingerprint density at radius 2 is 1.50 bits per heavy atom. The number of hydrogen-bond donors (Lipinski definition) is 0. The number of hydrogen-bond acceptors (Lipinski definition) is 2. The number of ether oxygens (including phenoxy) is 2. The van der Waals surface area contributed by atoms with E-state index in [1.54, 1.807) is 0 Å². The molecule has 0 aliphatic heterocycles. The van der Waals surface area contributed by atoms with Crippen LogP contribution in [0.4, 0.5) is 0 Å². The monoisotopic (exact) mass is 228 g/mol. The fourth-order valence-corrected chi connectivity index (χ4v) is 2.38. The predicted octanol–water partition coefficient (Wildman–Crippen LogP) is 4.14. The molecule has 0 saturated heterocycles. The molecule has 2 nitrogen and oxygen atoms in total. The van der Waals surface area contributed by atoms with Crippen LogP contribution >= 0.6 is 0 Å². The summed E-state index contributed by atoms with van der Waals surface area (Å²) in [7, 11) is 0. The van der Waals surface area contributed by atoms with E-state index < -0.39 is 0 Å². The molecule has 2 heteroatoms. The molecule has 16 heavy (non-hydrogen) atoms. The highest BCUT2D eigenvalue weighted by atomic mass is 16.7. The average molecular weight is 228 g/mol. The molecule has 96 valence electrons. The molecule has 0 radical (unpaired) electrons. The van der Waals surface area contributed by atoms with Crippen LogP contribution in [0, 0.1) is 5.92 Å². The minimum absolute atomic E-state index is 0.0583. The van der Waals surface area contributed by atoms with Crippen molar-refractivity contribution in [1.82, 2.24) is 0 Å². The lowest BCUT2D eigenvalue weighted by Crippen LogP contribution is -2.23. The van der Waals surface area contributed by atoms with Gasteiger partial charge in [0, 0.05) is 19.6 Å². The zero-order valence-corrected chi connectivity index (χ0v) is 11.0. The van der Waals surface area contributed by atoms with Crippen LogP contribution in [0.2, 0.25) is 0 Å². The maximum Gasteiger partial charge on any atom is 0.157 e. The Labute approximate surface area is 101 Å². The highest BCUT2D eigenvalue weighted by Gasteiger charge is 2.19. The van der Waals surface area contributed by atoms with Crippen LogP contribution in [0.25, 0.3) is 0 Å². The molecule has 1 aliphatic rings. The third-order valence-electron chi connectivity index (χ3n) is 3.27. The maximum absolute atomic E-state index is 5.77. The zero-order chi connectivity index (χ0) is 11.6. The molecule has 0 spiro atoms. The first-order chi connectivity index (χ1) is 7.86. The van der Waals surface area contributed by atoms with E-state index in [1.165, 1.54) is 32.1 Å². The van der Waals surface area contributed by atoms with Crippen molar-refractivity contribution >= 4 is 0 Å². The standard InChI is InChI=1S/C14H28O2/c1-3-10-15-14(16-11-4-2)12-13-8-6-5-7-9-13/h13-14H,3-12H2,1-2H3. The van der Waals surface area contributed by atoms with Crippen LogP contribution in [0.1, 0.15) is 65.2 Å². The second-order valence-corrected chi connectivity index (χ2v) is 4.91. The van der Waals surface area contributed by atoms with E-state index in [4.69, 9.17) is 9.47 Å². The minimum atomic E-state index is 0.0583. The van der Waals surface area contributed by atoms with Gasteiger partial charge in [0.25, 0.3) is 0 Å². The molecule has 0 N–H and O–H groups in total. The summed E-state index contributed by atoms with van der Waals surface area (Å²) in [5, 5.41) is 0. The first kappa shape index (κ1) is 14.0. The van der Waals surface area contributed by atoms with Gasteiger partial charge in [-0.25, -0.2) is 0 Å². The third kappa shape index (κ3) is 5.86. The van der Waals surface area contributed by atoms with Crippen molar-refractivity contribution in [2.24, 2.45) is 5.92 Å². The summed E-state index contributed by atoms with van der Waals surface area (Å²) in [6.07, 6.45) is 10.3. The van der Waals surface area contributed by atoms with Crippen molar-refractivity contribution in [3.05, 3.63) is 0 Å². The molecular formula is C14H28O2. The van der Waals surface area contributed by atoms with Gasteiger partial charge >= 0.3 is 0 Å². The van der Waals surface area contributed by atoms with E-state index in [0.29, 0.717) is 0 Å². The Morgan fingerprint density at radius 1 is 0.938 bits per heavy atom. The minimum Gasteiger partial charge on any atom is -0.353 e. The summed E-state index contributed by atoms with van der Waals surface area (Å²) in [4.78, 5) is 0. The van der Waals surface area contributed by atoms with Crippen molar-refractivity contribution in [1.29, 1.82) is 0 Å². The summed E-state index contributed by atoms with van der Waals surface area (Å²) >= 11 is 0. The lowest BCUT2D eigenvalue weighted by Gasteiger charge is -2.26. The van der Waals surface area contributed by atoms with E-state index in [1.807, 2.05) is 0 Å².